The van der Waals surface area contributed by atoms with Crippen molar-refractivity contribution in [1.29, 1.82) is 0 Å². The van der Waals surface area contributed by atoms with Crippen LogP contribution in [-0.4, -0.2) is 36.1 Å². The van der Waals surface area contributed by atoms with Crippen molar-refractivity contribution >= 4 is 5.91 Å². The lowest BCUT2D eigenvalue weighted by Crippen LogP contribution is -2.50. The highest BCUT2D eigenvalue weighted by molar-refractivity contribution is 5.77. The molecule has 2 aliphatic rings. The summed E-state index contributed by atoms with van der Waals surface area (Å²) < 4.78 is 5.53. The molecule has 0 aromatic rings. The molecule has 0 N–H and O–H groups in total. The lowest BCUT2D eigenvalue weighted by molar-refractivity contribution is -0.143. The van der Waals surface area contributed by atoms with Crippen LogP contribution in [0.3, 0.4) is 0 Å². The Labute approximate surface area is 97.5 Å². The molecule has 1 saturated heterocycles. The molecule has 3 atom stereocenters. The Hall–Kier alpha value is -0.830. The molecule has 0 saturated carbocycles. The summed E-state index contributed by atoms with van der Waals surface area (Å²) in [5.41, 5.74) is 0. The molecule has 1 aliphatic carbocycles. The van der Waals surface area contributed by atoms with Gasteiger partial charge in [-0.15, -0.1) is 0 Å². The van der Waals surface area contributed by atoms with E-state index in [1.54, 1.807) is 0 Å². The number of rotatable bonds is 2. The zero-order valence-corrected chi connectivity index (χ0v) is 10.2. The van der Waals surface area contributed by atoms with Crippen molar-refractivity contribution in [3.63, 3.8) is 0 Å². The molecule has 0 aromatic heterocycles. The molecule has 0 spiro atoms. The molecular weight excluding hydrogens is 202 g/mol. The predicted octanol–water partition coefficient (Wildman–Crippen LogP) is 1.98. The van der Waals surface area contributed by atoms with E-state index in [4.69, 9.17) is 4.74 Å². The van der Waals surface area contributed by atoms with Gasteiger partial charge >= 0.3 is 0 Å². The van der Waals surface area contributed by atoms with E-state index in [0.29, 0.717) is 24.9 Å². The van der Waals surface area contributed by atoms with Crippen LogP contribution >= 0.6 is 0 Å². The first-order valence-corrected chi connectivity index (χ1v) is 6.24. The van der Waals surface area contributed by atoms with E-state index in [0.717, 1.165) is 19.4 Å². The third kappa shape index (κ3) is 2.64. The minimum absolute atomic E-state index is 0.180. The van der Waals surface area contributed by atoms with Crippen molar-refractivity contribution in [2.24, 2.45) is 5.92 Å². The standard InChI is InChI=1S/C13H21NO2/c1-10-9-16-11(2)8-14(10)13(15)7-12-5-3-4-6-12/h3,5,10-12H,4,6-9H2,1-2H3/t10-,11-,12+/m1/s1. The second kappa shape index (κ2) is 5.00. The number of ether oxygens (including phenoxy) is 1. The third-order valence-corrected chi connectivity index (χ3v) is 3.48. The largest absolute Gasteiger partial charge is 0.375 e. The smallest absolute Gasteiger partial charge is 0.223 e. The van der Waals surface area contributed by atoms with Crippen LogP contribution < -0.4 is 0 Å². The van der Waals surface area contributed by atoms with E-state index >= 15 is 0 Å². The van der Waals surface area contributed by atoms with Crippen LogP contribution in [-0.2, 0) is 9.53 Å². The van der Waals surface area contributed by atoms with Crippen LogP contribution in [0.1, 0.15) is 33.1 Å². The molecule has 3 nitrogen and oxygen atoms in total. The van der Waals surface area contributed by atoms with Crippen molar-refractivity contribution in [3.8, 4) is 0 Å². The summed E-state index contributed by atoms with van der Waals surface area (Å²) in [5.74, 6) is 0.761. The molecule has 3 heteroatoms. The van der Waals surface area contributed by atoms with Crippen LogP contribution in [0.2, 0.25) is 0 Å². The zero-order chi connectivity index (χ0) is 11.5. The molecule has 0 unspecified atom stereocenters. The molecule has 2 rings (SSSR count). The van der Waals surface area contributed by atoms with Gasteiger partial charge in [-0.05, 0) is 32.6 Å². The monoisotopic (exact) mass is 223 g/mol. The van der Waals surface area contributed by atoms with Gasteiger partial charge in [0, 0.05) is 13.0 Å². The van der Waals surface area contributed by atoms with Gasteiger partial charge in [0.1, 0.15) is 0 Å². The SMILES string of the molecule is C[C@@H]1CN(C(=O)C[C@H]2C=CCC2)[C@H](C)CO1. The Bertz CT molecular complexity index is 288. The number of carbonyl (C=O) groups is 1. The summed E-state index contributed by atoms with van der Waals surface area (Å²) in [6.07, 6.45) is 7.50. The molecular formula is C13H21NO2. The topological polar surface area (TPSA) is 29.5 Å². The van der Waals surface area contributed by atoms with Crippen molar-refractivity contribution in [2.45, 2.75) is 45.3 Å². The Morgan fingerprint density at radius 1 is 1.50 bits per heavy atom. The number of hydrogen-bond donors (Lipinski definition) is 0. The van der Waals surface area contributed by atoms with E-state index in [9.17, 15) is 4.79 Å². The number of carbonyl (C=O) groups excluding carboxylic acids is 1. The van der Waals surface area contributed by atoms with Crippen molar-refractivity contribution in [2.75, 3.05) is 13.2 Å². The quantitative estimate of drug-likeness (QED) is 0.670. The van der Waals surface area contributed by atoms with E-state index in [1.807, 2.05) is 11.8 Å². The first-order chi connectivity index (χ1) is 7.66. The Kier molecular flexibility index (Phi) is 3.64. The first kappa shape index (κ1) is 11.6. The number of morpholine rings is 1. The van der Waals surface area contributed by atoms with Gasteiger partial charge in [0.2, 0.25) is 5.91 Å². The highest BCUT2D eigenvalue weighted by Gasteiger charge is 2.28. The highest BCUT2D eigenvalue weighted by Crippen LogP contribution is 2.22. The second-order valence-electron chi connectivity index (χ2n) is 5.01. The van der Waals surface area contributed by atoms with Gasteiger partial charge in [-0.25, -0.2) is 0 Å². The molecule has 1 fully saturated rings. The lowest BCUT2D eigenvalue weighted by atomic mass is 10.0. The van der Waals surface area contributed by atoms with Gasteiger partial charge in [0.05, 0.1) is 18.8 Å². The van der Waals surface area contributed by atoms with Crippen LogP contribution in [0.25, 0.3) is 0 Å². The van der Waals surface area contributed by atoms with Gasteiger partial charge in [0.15, 0.2) is 0 Å². The molecule has 1 amide bonds. The summed E-state index contributed by atoms with van der Waals surface area (Å²) in [4.78, 5) is 14.1. The average Bonchev–Trinajstić information content (AvgIpc) is 2.74. The molecule has 1 heterocycles. The number of allylic oxidation sites excluding steroid dienone is 2. The van der Waals surface area contributed by atoms with Gasteiger partial charge in [-0.3, -0.25) is 4.79 Å². The second-order valence-corrected chi connectivity index (χ2v) is 5.01. The summed E-state index contributed by atoms with van der Waals surface area (Å²) in [6.45, 7) is 5.51. The number of hydrogen-bond acceptors (Lipinski definition) is 2. The van der Waals surface area contributed by atoms with Crippen LogP contribution in [0, 0.1) is 5.92 Å². The summed E-state index contributed by atoms with van der Waals surface area (Å²) in [5, 5.41) is 0. The normalized spacial score (nSPS) is 34.4. The Morgan fingerprint density at radius 3 is 3.00 bits per heavy atom. The fourth-order valence-corrected chi connectivity index (χ4v) is 2.46. The van der Waals surface area contributed by atoms with E-state index in [-0.39, 0.29) is 12.1 Å². The van der Waals surface area contributed by atoms with Crippen molar-refractivity contribution in [3.05, 3.63) is 12.2 Å². The number of nitrogens with zero attached hydrogens (tertiary/aromatic N) is 1. The molecule has 0 aromatic carbocycles. The van der Waals surface area contributed by atoms with Crippen molar-refractivity contribution < 1.29 is 9.53 Å². The minimum Gasteiger partial charge on any atom is -0.375 e. The minimum atomic E-state index is 0.180. The fourth-order valence-electron chi connectivity index (χ4n) is 2.46. The summed E-state index contributed by atoms with van der Waals surface area (Å²) in [7, 11) is 0. The van der Waals surface area contributed by atoms with Gasteiger partial charge in [-0.1, -0.05) is 12.2 Å². The summed E-state index contributed by atoms with van der Waals surface area (Å²) in [6, 6.07) is 0.231. The molecule has 16 heavy (non-hydrogen) atoms. The van der Waals surface area contributed by atoms with E-state index in [1.165, 1.54) is 0 Å². The first-order valence-electron chi connectivity index (χ1n) is 6.24. The number of amides is 1. The van der Waals surface area contributed by atoms with Gasteiger partial charge in [-0.2, -0.15) is 0 Å². The van der Waals surface area contributed by atoms with E-state index < -0.39 is 0 Å². The molecule has 0 radical (unpaired) electrons. The average molecular weight is 223 g/mol. The predicted molar refractivity (Wildman–Crippen MR) is 63.1 cm³/mol. The van der Waals surface area contributed by atoms with Crippen molar-refractivity contribution in [1.82, 2.24) is 4.90 Å². The van der Waals surface area contributed by atoms with Crippen LogP contribution in [0.5, 0.6) is 0 Å². The summed E-state index contributed by atoms with van der Waals surface area (Å²) >= 11 is 0. The molecule has 0 bridgehead atoms. The van der Waals surface area contributed by atoms with E-state index in [2.05, 4.69) is 19.1 Å². The maximum absolute atomic E-state index is 12.1. The molecule has 90 valence electrons. The maximum Gasteiger partial charge on any atom is 0.223 e. The Morgan fingerprint density at radius 2 is 2.31 bits per heavy atom. The maximum atomic E-state index is 12.1. The lowest BCUT2D eigenvalue weighted by Gasteiger charge is -2.37. The van der Waals surface area contributed by atoms with Gasteiger partial charge in [0.25, 0.3) is 0 Å². The molecule has 1 aliphatic heterocycles. The third-order valence-electron chi connectivity index (χ3n) is 3.48. The fraction of sp³-hybridized carbons (Fsp3) is 0.769. The Balaban J connectivity index is 1.89. The van der Waals surface area contributed by atoms with Crippen LogP contribution in [0.15, 0.2) is 12.2 Å². The highest BCUT2D eigenvalue weighted by atomic mass is 16.5. The van der Waals surface area contributed by atoms with Gasteiger partial charge < -0.3 is 9.64 Å². The zero-order valence-electron chi connectivity index (χ0n) is 10.2. The van der Waals surface area contributed by atoms with Crippen LogP contribution in [0.4, 0.5) is 0 Å².